The lowest BCUT2D eigenvalue weighted by Gasteiger charge is -2.17. The monoisotopic (exact) mass is 256 g/mol. The maximum Gasteiger partial charge on any atom is 0.314 e. The fourth-order valence-electron chi connectivity index (χ4n) is 2.30. The molecule has 104 valence electrons. The molecule has 0 saturated heterocycles. The molecule has 0 spiro atoms. The minimum Gasteiger partial charge on any atom is -0.481 e. The van der Waals surface area contributed by atoms with Gasteiger partial charge in [0.25, 0.3) is 0 Å². The molecule has 0 aliphatic heterocycles. The predicted molar refractivity (Wildman–Crippen MR) is 69.3 cm³/mol. The van der Waals surface area contributed by atoms with Gasteiger partial charge in [0.1, 0.15) is 0 Å². The average molecular weight is 256 g/mol. The van der Waals surface area contributed by atoms with Crippen LogP contribution in [0.4, 0.5) is 4.79 Å². The Kier molecular flexibility index (Phi) is 5.95. The van der Waals surface area contributed by atoms with Crippen LogP contribution in [0.15, 0.2) is 0 Å². The van der Waals surface area contributed by atoms with Gasteiger partial charge in [-0.15, -0.1) is 0 Å². The van der Waals surface area contributed by atoms with Crippen LogP contribution < -0.4 is 10.6 Å². The van der Waals surface area contributed by atoms with Crippen molar-refractivity contribution >= 4 is 12.0 Å². The van der Waals surface area contributed by atoms with Gasteiger partial charge < -0.3 is 15.7 Å². The number of hydrogen-bond acceptors (Lipinski definition) is 2. The number of hydrogen-bond donors (Lipinski definition) is 3. The SMILES string of the molecule is CCC(C)CNC(=O)NCC1CCCC1C(=O)O. The molecule has 1 fully saturated rings. The van der Waals surface area contributed by atoms with Crippen LogP contribution in [0.3, 0.4) is 0 Å². The van der Waals surface area contributed by atoms with E-state index in [-0.39, 0.29) is 17.9 Å². The third-order valence-electron chi connectivity index (χ3n) is 3.81. The Morgan fingerprint density at radius 2 is 2.06 bits per heavy atom. The standard InChI is InChI=1S/C13H24N2O3/c1-3-9(2)7-14-13(18)15-8-10-5-4-6-11(10)12(16)17/h9-11H,3-8H2,1-2H3,(H,16,17)(H2,14,15,18). The van der Waals surface area contributed by atoms with Crippen molar-refractivity contribution in [1.29, 1.82) is 0 Å². The highest BCUT2D eigenvalue weighted by molar-refractivity contribution is 5.74. The predicted octanol–water partition coefficient (Wildman–Crippen LogP) is 1.83. The van der Waals surface area contributed by atoms with Crippen LogP contribution in [0.25, 0.3) is 0 Å². The van der Waals surface area contributed by atoms with E-state index >= 15 is 0 Å². The number of amides is 2. The smallest absolute Gasteiger partial charge is 0.314 e. The second kappa shape index (κ2) is 7.24. The molecule has 0 aromatic carbocycles. The van der Waals surface area contributed by atoms with E-state index in [0.29, 0.717) is 19.0 Å². The van der Waals surface area contributed by atoms with Crippen molar-refractivity contribution in [2.75, 3.05) is 13.1 Å². The number of aliphatic carboxylic acids is 1. The molecule has 0 aromatic heterocycles. The van der Waals surface area contributed by atoms with E-state index in [1.807, 2.05) is 0 Å². The highest BCUT2D eigenvalue weighted by atomic mass is 16.4. The van der Waals surface area contributed by atoms with E-state index in [1.165, 1.54) is 0 Å². The van der Waals surface area contributed by atoms with Crippen LogP contribution >= 0.6 is 0 Å². The molecule has 18 heavy (non-hydrogen) atoms. The molecule has 5 nitrogen and oxygen atoms in total. The normalized spacial score (nSPS) is 24.6. The Balaban J connectivity index is 2.23. The van der Waals surface area contributed by atoms with Gasteiger partial charge >= 0.3 is 12.0 Å². The zero-order chi connectivity index (χ0) is 13.5. The molecule has 5 heteroatoms. The van der Waals surface area contributed by atoms with Crippen LogP contribution in [0.5, 0.6) is 0 Å². The molecule has 0 heterocycles. The van der Waals surface area contributed by atoms with Gasteiger partial charge in [0.2, 0.25) is 0 Å². The van der Waals surface area contributed by atoms with Gasteiger partial charge in [0.15, 0.2) is 0 Å². The summed E-state index contributed by atoms with van der Waals surface area (Å²) in [4.78, 5) is 22.5. The molecule has 1 rings (SSSR count). The molecule has 1 aliphatic carbocycles. The minimum atomic E-state index is -0.737. The van der Waals surface area contributed by atoms with E-state index in [0.717, 1.165) is 25.7 Å². The molecule has 0 aromatic rings. The topological polar surface area (TPSA) is 78.4 Å². The van der Waals surface area contributed by atoms with Crippen molar-refractivity contribution in [1.82, 2.24) is 10.6 Å². The maximum atomic E-state index is 11.5. The van der Waals surface area contributed by atoms with Crippen molar-refractivity contribution in [2.45, 2.75) is 39.5 Å². The Morgan fingerprint density at radius 3 is 2.67 bits per heavy atom. The van der Waals surface area contributed by atoms with Crippen molar-refractivity contribution in [3.8, 4) is 0 Å². The van der Waals surface area contributed by atoms with Crippen LogP contribution in [0.2, 0.25) is 0 Å². The Bertz CT molecular complexity index is 294. The first kappa shape index (κ1) is 14.8. The summed E-state index contributed by atoms with van der Waals surface area (Å²) in [6.45, 7) is 5.29. The second-order valence-electron chi connectivity index (χ2n) is 5.24. The van der Waals surface area contributed by atoms with E-state index < -0.39 is 5.97 Å². The van der Waals surface area contributed by atoms with Crippen molar-refractivity contribution in [3.05, 3.63) is 0 Å². The number of nitrogens with one attached hydrogen (secondary N) is 2. The van der Waals surface area contributed by atoms with Gasteiger partial charge in [-0.05, 0) is 24.7 Å². The number of urea groups is 1. The average Bonchev–Trinajstić information content (AvgIpc) is 2.81. The van der Waals surface area contributed by atoms with Crippen LogP contribution in [0, 0.1) is 17.8 Å². The molecular weight excluding hydrogens is 232 g/mol. The Labute approximate surface area is 108 Å². The summed E-state index contributed by atoms with van der Waals surface area (Å²) in [5.74, 6) is -0.481. The highest BCUT2D eigenvalue weighted by Gasteiger charge is 2.32. The summed E-state index contributed by atoms with van der Waals surface area (Å²) in [5.41, 5.74) is 0. The van der Waals surface area contributed by atoms with Gasteiger partial charge in [-0.25, -0.2) is 4.79 Å². The molecule has 3 atom stereocenters. The zero-order valence-electron chi connectivity index (χ0n) is 11.2. The Hall–Kier alpha value is -1.26. The summed E-state index contributed by atoms with van der Waals surface area (Å²) < 4.78 is 0. The molecule has 0 bridgehead atoms. The molecule has 1 aliphatic rings. The van der Waals surface area contributed by atoms with Crippen LogP contribution in [0.1, 0.15) is 39.5 Å². The lowest BCUT2D eigenvalue weighted by molar-refractivity contribution is -0.142. The Morgan fingerprint density at radius 1 is 1.33 bits per heavy atom. The number of carbonyl (C=O) groups excluding carboxylic acids is 1. The number of carbonyl (C=O) groups is 2. The molecule has 1 saturated carbocycles. The van der Waals surface area contributed by atoms with Crippen molar-refractivity contribution in [3.63, 3.8) is 0 Å². The summed E-state index contributed by atoms with van der Waals surface area (Å²) in [7, 11) is 0. The third kappa shape index (κ3) is 4.55. The molecular formula is C13H24N2O3. The van der Waals surface area contributed by atoms with Crippen molar-refractivity contribution < 1.29 is 14.7 Å². The summed E-state index contributed by atoms with van der Waals surface area (Å²) in [5, 5.41) is 14.6. The molecule has 0 radical (unpaired) electrons. The zero-order valence-corrected chi connectivity index (χ0v) is 11.2. The summed E-state index contributed by atoms with van der Waals surface area (Å²) >= 11 is 0. The number of rotatable bonds is 6. The lowest BCUT2D eigenvalue weighted by Crippen LogP contribution is -2.41. The van der Waals surface area contributed by atoms with Gasteiger partial charge in [-0.1, -0.05) is 26.7 Å². The second-order valence-corrected chi connectivity index (χ2v) is 5.24. The molecule has 3 N–H and O–H groups in total. The first-order valence-electron chi connectivity index (χ1n) is 6.79. The van der Waals surface area contributed by atoms with Crippen LogP contribution in [-0.4, -0.2) is 30.2 Å². The minimum absolute atomic E-state index is 0.0804. The molecule has 2 amide bonds. The maximum absolute atomic E-state index is 11.5. The molecule has 3 unspecified atom stereocenters. The quantitative estimate of drug-likeness (QED) is 0.678. The first-order valence-corrected chi connectivity index (χ1v) is 6.79. The van der Waals surface area contributed by atoms with E-state index in [1.54, 1.807) is 0 Å². The third-order valence-corrected chi connectivity index (χ3v) is 3.81. The van der Waals surface area contributed by atoms with E-state index in [2.05, 4.69) is 24.5 Å². The summed E-state index contributed by atoms with van der Waals surface area (Å²) in [6.07, 6.45) is 3.60. The highest BCUT2D eigenvalue weighted by Crippen LogP contribution is 2.31. The van der Waals surface area contributed by atoms with Gasteiger partial charge in [0, 0.05) is 13.1 Å². The lowest BCUT2D eigenvalue weighted by atomic mass is 9.96. The fraction of sp³-hybridized carbons (Fsp3) is 0.846. The van der Waals surface area contributed by atoms with E-state index in [4.69, 9.17) is 5.11 Å². The van der Waals surface area contributed by atoms with Crippen LogP contribution in [-0.2, 0) is 4.79 Å². The number of carboxylic acids is 1. The number of carboxylic acid groups (broad SMARTS) is 1. The first-order chi connectivity index (χ1) is 8.54. The van der Waals surface area contributed by atoms with Gasteiger partial charge in [-0.3, -0.25) is 4.79 Å². The van der Waals surface area contributed by atoms with E-state index in [9.17, 15) is 9.59 Å². The van der Waals surface area contributed by atoms with Gasteiger partial charge in [-0.2, -0.15) is 0 Å². The summed E-state index contributed by atoms with van der Waals surface area (Å²) in [6, 6.07) is -0.189. The van der Waals surface area contributed by atoms with Gasteiger partial charge in [0.05, 0.1) is 5.92 Å². The fourth-order valence-corrected chi connectivity index (χ4v) is 2.30. The van der Waals surface area contributed by atoms with Crippen molar-refractivity contribution in [2.24, 2.45) is 17.8 Å². The largest absolute Gasteiger partial charge is 0.481 e.